The average molecular weight is 270 g/mol. The molecule has 0 aliphatic heterocycles. The fourth-order valence-electron chi connectivity index (χ4n) is 1.76. The Morgan fingerprint density at radius 1 is 1.40 bits per heavy atom. The summed E-state index contributed by atoms with van der Waals surface area (Å²) in [5, 5.41) is 8.88. The number of carbonyl (C=O) groups is 1. The molecular weight excluding hydrogens is 252 g/mol. The molecule has 0 saturated heterocycles. The summed E-state index contributed by atoms with van der Waals surface area (Å²) in [5.41, 5.74) is 5.64. The lowest BCUT2D eigenvalue weighted by Crippen LogP contribution is -1.95. The van der Waals surface area contributed by atoms with Crippen LogP contribution >= 0.6 is 0 Å². The lowest BCUT2D eigenvalue weighted by Gasteiger charge is -2.11. The second kappa shape index (κ2) is 7.17. The number of methoxy groups -OCH3 is 1. The Balaban J connectivity index is 3.39. The number of ether oxygens (including phenoxy) is 1. The molecule has 0 fully saturated rings. The van der Waals surface area contributed by atoms with Gasteiger partial charge in [0.2, 0.25) is 0 Å². The van der Waals surface area contributed by atoms with E-state index < -0.39 is 5.97 Å². The highest BCUT2D eigenvalue weighted by Gasteiger charge is 2.08. The lowest BCUT2D eigenvalue weighted by molar-refractivity contribution is -0.132. The fourth-order valence-corrected chi connectivity index (χ4v) is 1.76. The predicted octanol–water partition coefficient (Wildman–Crippen LogP) is 3.76. The van der Waals surface area contributed by atoms with Crippen LogP contribution in [-0.4, -0.2) is 18.2 Å². The van der Waals surface area contributed by atoms with E-state index in [4.69, 9.17) is 9.84 Å². The highest BCUT2D eigenvalue weighted by Crippen LogP contribution is 2.30. The van der Waals surface area contributed by atoms with E-state index in [1.165, 1.54) is 0 Å². The quantitative estimate of drug-likeness (QED) is 0.503. The minimum Gasteiger partial charge on any atom is -0.496 e. The van der Waals surface area contributed by atoms with Gasteiger partial charge in [-0.3, -0.25) is 0 Å². The van der Waals surface area contributed by atoms with Crippen LogP contribution in [0.1, 0.15) is 18.1 Å². The fraction of sp³-hybridized carbons (Fsp3) is 0.176. The molecule has 0 amide bonds. The van der Waals surface area contributed by atoms with Crippen molar-refractivity contribution in [1.29, 1.82) is 0 Å². The van der Waals surface area contributed by atoms with Gasteiger partial charge in [0.05, 0.1) is 7.11 Å². The lowest BCUT2D eigenvalue weighted by atomic mass is 10.0. The standard InChI is InChI=1S/C17H18O3/c1-5-7-14(11-10-13(3)17(18)19)15-9-6-8-12(2)16(15)20-4/h6-11H,1H2,2-4H3,(H,18,19)/b13-10+,14-11+. The second-order valence-corrected chi connectivity index (χ2v) is 4.28. The highest BCUT2D eigenvalue weighted by molar-refractivity contribution is 5.87. The van der Waals surface area contributed by atoms with E-state index in [-0.39, 0.29) is 5.57 Å². The maximum Gasteiger partial charge on any atom is 0.331 e. The first-order valence-electron chi connectivity index (χ1n) is 6.13. The van der Waals surface area contributed by atoms with Gasteiger partial charge in [-0.1, -0.05) is 36.9 Å². The Hall–Kier alpha value is -2.51. The topological polar surface area (TPSA) is 46.5 Å². The third-order valence-corrected chi connectivity index (χ3v) is 2.83. The van der Waals surface area contributed by atoms with E-state index in [0.29, 0.717) is 0 Å². The Bertz CT molecular complexity index is 615. The van der Waals surface area contributed by atoms with E-state index in [9.17, 15) is 4.79 Å². The van der Waals surface area contributed by atoms with Crippen molar-refractivity contribution in [3.05, 3.63) is 65.4 Å². The number of carboxylic acid groups (broad SMARTS) is 1. The van der Waals surface area contributed by atoms with Crippen molar-refractivity contribution in [2.24, 2.45) is 0 Å². The molecule has 0 radical (unpaired) electrons. The highest BCUT2D eigenvalue weighted by atomic mass is 16.5. The predicted molar refractivity (Wildman–Crippen MR) is 80.8 cm³/mol. The molecule has 3 nitrogen and oxygen atoms in total. The summed E-state index contributed by atoms with van der Waals surface area (Å²) in [6.07, 6.45) is 4.97. The SMILES string of the molecule is C=C=C/C(=C\C=C(/C)C(=O)O)c1cccc(C)c1OC. The number of aryl methyl sites for hydroxylation is 1. The third-order valence-electron chi connectivity index (χ3n) is 2.83. The van der Waals surface area contributed by atoms with Gasteiger partial charge in [0, 0.05) is 11.1 Å². The maximum atomic E-state index is 10.8. The summed E-state index contributed by atoms with van der Waals surface area (Å²) in [5.74, 6) is -0.189. The van der Waals surface area contributed by atoms with Gasteiger partial charge in [-0.25, -0.2) is 4.79 Å². The van der Waals surface area contributed by atoms with Crippen molar-refractivity contribution in [1.82, 2.24) is 0 Å². The third kappa shape index (κ3) is 3.74. The van der Waals surface area contributed by atoms with Gasteiger partial charge < -0.3 is 9.84 Å². The van der Waals surface area contributed by atoms with Crippen LogP contribution in [0, 0.1) is 6.92 Å². The zero-order chi connectivity index (χ0) is 15.1. The number of carboxylic acids is 1. The molecule has 1 aromatic rings. The molecule has 0 atom stereocenters. The molecular formula is C17H18O3. The molecule has 0 saturated carbocycles. The van der Waals surface area contributed by atoms with Crippen molar-refractivity contribution in [3.63, 3.8) is 0 Å². The van der Waals surface area contributed by atoms with Gasteiger partial charge in [-0.05, 0) is 31.1 Å². The number of aliphatic carboxylic acids is 1. The first-order chi connectivity index (χ1) is 9.51. The van der Waals surface area contributed by atoms with Crippen LogP contribution in [0.3, 0.4) is 0 Å². The minimum atomic E-state index is -0.945. The smallest absolute Gasteiger partial charge is 0.331 e. The van der Waals surface area contributed by atoms with E-state index in [1.807, 2.05) is 25.1 Å². The van der Waals surface area contributed by atoms with Gasteiger partial charge >= 0.3 is 5.97 Å². The zero-order valence-corrected chi connectivity index (χ0v) is 11.9. The van der Waals surface area contributed by atoms with Crippen molar-refractivity contribution < 1.29 is 14.6 Å². The number of rotatable bonds is 5. The van der Waals surface area contributed by atoms with Gasteiger partial charge in [0.1, 0.15) is 5.75 Å². The summed E-state index contributed by atoms with van der Waals surface area (Å²) in [6.45, 7) is 7.06. The molecule has 0 unspecified atom stereocenters. The molecule has 0 heterocycles. The largest absolute Gasteiger partial charge is 0.496 e. The molecule has 3 heteroatoms. The Kier molecular flexibility index (Phi) is 5.57. The summed E-state index contributed by atoms with van der Waals surface area (Å²) >= 11 is 0. The monoisotopic (exact) mass is 270 g/mol. The van der Waals surface area contributed by atoms with Gasteiger partial charge in [0.15, 0.2) is 0 Å². The number of allylic oxidation sites excluding steroid dienone is 4. The number of hydrogen-bond donors (Lipinski definition) is 1. The molecule has 0 bridgehead atoms. The van der Waals surface area contributed by atoms with Crippen molar-refractivity contribution in [2.45, 2.75) is 13.8 Å². The zero-order valence-electron chi connectivity index (χ0n) is 11.9. The number of para-hydroxylation sites is 1. The van der Waals surface area contributed by atoms with E-state index >= 15 is 0 Å². The molecule has 0 spiro atoms. The van der Waals surface area contributed by atoms with Gasteiger partial charge in [-0.15, -0.1) is 5.73 Å². The molecule has 0 aromatic heterocycles. The first-order valence-corrected chi connectivity index (χ1v) is 6.13. The van der Waals surface area contributed by atoms with Crippen LogP contribution in [0.2, 0.25) is 0 Å². The van der Waals surface area contributed by atoms with Crippen molar-refractivity contribution >= 4 is 11.5 Å². The van der Waals surface area contributed by atoms with Gasteiger partial charge in [-0.2, -0.15) is 0 Å². The van der Waals surface area contributed by atoms with Crippen LogP contribution < -0.4 is 4.74 Å². The summed E-state index contributed by atoms with van der Waals surface area (Å²) in [7, 11) is 1.61. The van der Waals surface area contributed by atoms with Crippen LogP contribution in [-0.2, 0) is 4.79 Å². The summed E-state index contributed by atoms with van der Waals surface area (Å²) < 4.78 is 5.41. The molecule has 1 N–H and O–H groups in total. The van der Waals surface area contributed by atoms with Crippen LogP contribution in [0.25, 0.3) is 5.57 Å². The van der Waals surface area contributed by atoms with Crippen molar-refractivity contribution in [2.75, 3.05) is 7.11 Å². The van der Waals surface area contributed by atoms with Crippen LogP contribution in [0.5, 0.6) is 5.75 Å². The second-order valence-electron chi connectivity index (χ2n) is 4.28. The normalized spacial score (nSPS) is 11.8. The van der Waals surface area contributed by atoms with Crippen molar-refractivity contribution in [3.8, 4) is 5.75 Å². The van der Waals surface area contributed by atoms with E-state index in [2.05, 4.69) is 12.3 Å². The van der Waals surface area contributed by atoms with Crippen LogP contribution in [0.15, 0.2) is 54.3 Å². The summed E-state index contributed by atoms with van der Waals surface area (Å²) in [4.78, 5) is 10.8. The molecule has 1 aromatic carbocycles. The van der Waals surface area contributed by atoms with E-state index in [1.54, 1.807) is 32.3 Å². The first kappa shape index (κ1) is 15.5. The van der Waals surface area contributed by atoms with E-state index in [0.717, 1.165) is 22.4 Å². The maximum absolute atomic E-state index is 10.8. The Morgan fingerprint density at radius 2 is 2.10 bits per heavy atom. The number of hydrogen-bond acceptors (Lipinski definition) is 2. The minimum absolute atomic E-state index is 0.256. The summed E-state index contributed by atoms with van der Waals surface area (Å²) in [6, 6.07) is 5.79. The number of benzene rings is 1. The average Bonchev–Trinajstić information content (AvgIpc) is 2.42. The Labute approximate surface area is 119 Å². The molecule has 20 heavy (non-hydrogen) atoms. The molecule has 0 aliphatic carbocycles. The Morgan fingerprint density at radius 3 is 2.65 bits per heavy atom. The van der Waals surface area contributed by atoms with Crippen LogP contribution in [0.4, 0.5) is 0 Å². The van der Waals surface area contributed by atoms with Gasteiger partial charge in [0.25, 0.3) is 0 Å². The molecule has 104 valence electrons. The molecule has 0 aliphatic rings. The molecule has 1 rings (SSSR count).